The van der Waals surface area contributed by atoms with Crippen LogP contribution in [0.5, 0.6) is 5.75 Å². The first-order valence-corrected chi connectivity index (χ1v) is 5.05. The van der Waals surface area contributed by atoms with Crippen LogP contribution in [0.2, 0.25) is 0 Å². The number of rotatable bonds is 3. The lowest BCUT2D eigenvalue weighted by Crippen LogP contribution is -2.17. The maximum absolute atomic E-state index is 13.5. The number of nitrogens with two attached hydrogens (primary N) is 1. The molecule has 1 saturated heterocycles. The molecule has 1 aliphatic heterocycles. The molecule has 0 amide bonds. The Bertz CT molecular complexity index is 403. The Balaban J connectivity index is 2.12. The third-order valence-electron chi connectivity index (χ3n) is 2.42. The van der Waals surface area contributed by atoms with E-state index >= 15 is 0 Å². The van der Waals surface area contributed by atoms with Crippen LogP contribution in [0.3, 0.4) is 0 Å². The van der Waals surface area contributed by atoms with E-state index in [0.717, 1.165) is 6.42 Å². The maximum Gasteiger partial charge on any atom is 0.165 e. The molecule has 1 aromatic carbocycles. The topological polar surface area (TPSA) is 68.3 Å². The van der Waals surface area contributed by atoms with Crippen LogP contribution in [0.4, 0.5) is 4.39 Å². The highest BCUT2D eigenvalue weighted by Gasteiger charge is 2.18. The second-order valence-corrected chi connectivity index (χ2v) is 3.66. The number of halogens is 1. The SMILES string of the molecule is N=C(N)c1ccc(OC2CCOC2)c(F)c1. The molecule has 1 aromatic rings. The summed E-state index contributed by atoms with van der Waals surface area (Å²) in [4.78, 5) is 0. The van der Waals surface area contributed by atoms with Crippen molar-refractivity contribution in [3.05, 3.63) is 29.6 Å². The Morgan fingerprint density at radius 2 is 2.38 bits per heavy atom. The zero-order valence-corrected chi connectivity index (χ0v) is 8.70. The third-order valence-corrected chi connectivity index (χ3v) is 2.42. The Morgan fingerprint density at radius 1 is 1.56 bits per heavy atom. The van der Waals surface area contributed by atoms with Crippen LogP contribution < -0.4 is 10.5 Å². The highest BCUT2D eigenvalue weighted by molar-refractivity contribution is 5.95. The number of hydrogen-bond donors (Lipinski definition) is 2. The second-order valence-electron chi connectivity index (χ2n) is 3.66. The Labute approximate surface area is 92.7 Å². The van der Waals surface area contributed by atoms with E-state index in [1.165, 1.54) is 12.1 Å². The smallest absolute Gasteiger partial charge is 0.165 e. The Hall–Kier alpha value is -1.62. The highest BCUT2D eigenvalue weighted by atomic mass is 19.1. The van der Waals surface area contributed by atoms with Crippen molar-refractivity contribution in [1.29, 1.82) is 5.41 Å². The van der Waals surface area contributed by atoms with Crippen molar-refractivity contribution in [2.24, 2.45) is 5.73 Å². The fourth-order valence-corrected chi connectivity index (χ4v) is 1.55. The molecule has 0 bridgehead atoms. The molecule has 16 heavy (non-hydrogen) atoms. The maximum atomic E-state index is 13.5. The van der Waals surface area contributed by atoms with E-state index in [1.54, 1.807) is 6.07 Å². The monoisotopic (exact) mass is 224 g/mol. The van der Waals surface area contributed by atoms with Gasteiger partial charge in [-0.25, -0.2) is 4.39 Å². The molecule has 1 atom stereocenters. The molecule has 0 spiro atoms. The Kier molecular flexibility index (Phi) is 3.05. The molecule has 0 aliphatic carbocycles. The van der Waals surface area contributed by atoms with Gasteiger partial charge in [0.25, 0.3) is 0 Å². The van der Waals surface area contributed by atoms with E-state index in [0.29, 0.717) is 18.8 Å². The lowest BCUT2D eigenvalue weighted by molar-refractivity contribution is 0.138. The predicted octanol–water partition coefficient (Wildman–Crippen LogP) is 1.28. The van der Waals surface area contributed by atoms with Gasteiger partial charge in [-0.3, -0.25) is 5.41 Å². The first kappa shape index (κ1) is 10.9. The predicted molar refractivity (Wildman–Crippen MR) is 57.3 cm³/mol. The van der Waals surface area contributed by atoms with Gasteiger partial charge in [-0.2, -0.15) is 0 Å². The van der Waals surface area contributed by atoms with Gasteiger partial charge in [0.05, 0.1) is 13.2 Å². The van der Waals surface area contributed by atoms with E-state index in [9.17, 15) is 4.39 Å². The molecular weight excluding hydrogens is 211 g/mol. The number of nitrogens with one attached hydrogen (secondary N) is 1. The van der Waals surface area contributed by atoms with Gasteiger partial charge in [-0.15, -0.1) is 0 Å². The van der Waals surface area contributed by atoms with Crippen LogP contribution in [0.1, 0.15) is 12.0 Å². The van der Waals surface area contributed by atoms with E-state index in [4.69, 9.17) is 20.6 Å². The van der Waals surface area contributed by atoms with E-state index < -0.39 is 5.82 Å². The lowest BCUT2D eigenvalue weighted by Gasteiger charge is -2.12. The fourth-order valence-electron chi connectivity index (χ4n) is 1.55. The molecule has 5 heteroatoms. The quantitative estimate of drug-likeness (QED) is 0.600. The molecule has 86 valence electrons. The minimum atomic E-state index is -0.500. The summed E-state index contributed by atoms with van der Waals surface area (Å²) < 4.78 is 24.1. The summed E-state index contributed by atoms with van der Waals surface area (Å²) in [6.45, 7) is 1.14. The summed E-state index contributed by atoms with van der Waals surface area (Å²) in [5.41, 5.74) is 5.61. The summed E-state index contributed by atoms with van der Waals surface area (Å²) in [6.07, 6.45) is 0.686. The number of nitrogen functional groups attached to an aromatic ring is 1. The fraction of sp³-hybridized carbons (Fsp3) is 0.364. The molecule has 0 aromatic heterocycles. The van der Waals surface area contributed by atoms with Crippen molar-refractivity contribution in [2.75, 3.05) is 13.2 Å². The first-order valence-electron chi connectivity index (χ1n) is 5.05. The molecule has 1 heterocycles. The van der Waals surface area contributed by atoms with Gasteiger partial charge in [0, 0.05) is 12.0 Å². The van der Waals surface area contributed by atoms with Crippen molar-refractivity contribution in [2.45, 2.75) is 12.5 Å². The van der Waals surface area contributed by atoms with Crippen LogP contribution in [-0.4, -0.2) is 25.2 Å². The van der Waals surface area contributed by atoms with Gasteiger partial charge in [0.1, 0.15) is 11.9 Å². The van der Waals surface area contributed by atoms with Crippen molar-refractivity contribution < 1.29 is 13.9 Å². The van der Waals surface area contributed by atoms with Crippen LogP contribution in [0.25, 0.3) is 0 Å². The summed E-state index contributed by atoms with van der Waals surface area (Å²) >= 11 is 0. The van der Waals surface area contributed by atoms with Crippen LogP contribution >= 0.6 is 0 Å². The average Bonchev–Trinajstić information content (AvgIpc) is 2.73. The third kappa shape index (κ3) is 2.30. The molecule has 4 nitrogen and oxygen atoms in total. The summed E-state index contributed by atoms with van der Waals surface area (Å²) in [5, 5.41) is 7.18. The minimum Gasteiger partial charge on any atom is -0.485 e. The number of hydrogen-bond acceptors (Lipinski definition) is 3. The van der Waals surface area contributed by atoms with Crippen molar-refractivity contribution in [3.63, 3.8) is 0 Å². The zero-order valence-electron chi connectivity index (χ0n) is 8.70. The summed E-state index contributed by atoms with van der Waals surface area (Å²) in [6, 6.07) is 4.26. The normalized spacial score (nSPS) is 19.7. The standard InChI is InChI=1S/C11H13FN2O2/c12-9-5-7(11(13)14)1-2-10(9)16-8-3-4-15-6-8/h1-2,5,8H,3-4,6H2,(H3,13,14). The number of amidine groups is 1. The molecule has 1 unspecified atom stereocenters. The van der Waals surface area contributed by atoms with E-state index in [2.05, 4.69) is 0 Å². The van der Waals surface area contributed by atoms with Gasteiger partial charge in [-0.1, -0.05) is 0 Å². The molecule has 3 N–H and O–H groups in total. The van der Waals surface area contributed by atoms with Gasteiger partial charge in [0.2, 0.25) is 0 Å². The highest BCUT2D eigenvalue weighted by Crippen LogP contribution is 2.21. The van der Waals surface area contributed by atoms with E-state index in [-0.39, 0.29) is 17.7 Å². The van der Waals surface area contributed by atoms with Crippen LogP contribution in [0, 0.1) is 11.2 Å². The first-order chi connectivity index (χ1) is 7.66. The number of benzene rings is 1. The molecule has 0 saturated carbocycles. The number of ether oxygens (including phenoxy) is 2. The molecular formula is C11H13FN2O2. The van der Waals surface area contributed by atoms with Gasteiger partial charge in [0.15, 0.2) is 11.6 Å². The van der Waals surface area contributed by atoms with Gasteiger partial charge < -0.3 is 15.2 Å². The lowest BCUT2D eigenvalue weighted by atomic mass is 10.2. The van der Waals surface area contributed by atoms with Gasteiger partial charge in [-0.05, 0) is 18.2 Å². The molecule has 2 rings (SSSR count). The molecule has 0 radical (unpaired) electrons. The molecule has 1 fully saturated rings. The zero-order chi connectivity index (χ0) is 11.5. The van der Waals surface area contributed by atoms with Crippen molar-refractivity contribution in [3.8, 4) is 5.75 Å². The summed E-state index contributed by atoms with van der Waals surface area (Å²) in [7, 11) is 0. The Morgan fingerprint density at radius 3 is 2.94 bits per heavy atom. The second kappa shape index (κ2) is 4.49. The van der Waals surface area contributed by atoms with Gasteiger partial charge >= 0.3 is 0 Å². The van der Waals surface area contributed by atoms with Crippen molar-refractivity contribution >= 4 is 5.84 Å². The largest absolute Gasteiger partial charge is 0.485 e. The average molecular weight is 224 g/mol. The van der Waals surface area contributed by atoms with E-state index in [1.807, 2.05) is 0 Å². The van der Waals surface area contributed by atoms with Crippen LogP contribution in [0.15, 0.2) is 18.2 Å². The molecule has 1 aliphatic rings. The van der Waals surface area contributed by atoms with Crippen LogP contribution in [-0.2, 0) is 4.74 Å². The van der Waals surface area contributed by atoms with Crippen molar-refractivity contribution in [1.82, 2.24) is 0 Å². The summed E-state index contributed by atoms with van der Waals surface area (Å²) in [5.74, 6) is -0.477. The minimum absolute atomic E-state index is 0.0855.